The molecule has 4 rings (SSSR count). The summed E-state index contributed by atoms with van der Waals surface area (Å²) in [7, 11) is 0. The fourth-order valence-electron chi connectivity index (χ4n) is 4.19. The van der Waals surface area contributed by atoms with Crippen LogP contribution in [0.5, 0.6) is 0 Å². The summed E-state index contributed by atoms with van der Waals surface area (Å²) in [5, 5.41) is 7.90. The van der Waals surface area contributed by atoms with Crippen LogP contribution >= 0.6 is 0 Å². The van der Waals surface area contributed by atoms with Crippen molar-refractivity contribution in [2.45, 2.75) is 58.9 Å². The molecule has 3 aromatic rings. The molecule has 1 atom stereocenters. The predicted octanol–water partition coefficient (Wildman–Crippen LogP) is 4.48. The number of nitrogens with one attached hydrogen (secondary N) is 1. The highest BCUT2D eigenvalue weighted by Crippen LogP contribution is 2.33. The molecule has 1 N–H and O–H groups in total. The Balaban J connectivity index is 1.37. The molecule has 1 amide bonds. The molecule has 1 unspecified atom stereocenters. The molecule has 0 spiro atoms. The van der Waals surface area contributed by atoms with Gasteiger partial charge in [-0.05, 0) is 58.7 Å². The Morgan fingerprint density at radius 1 is 1.20 bits per heavy atom. The first-order valence-electron chi connectivity index (χ1n) is 10.9. The van der Waals surface area contributed by atoms with Gasteiger partial charge < -0.3 is 19.2 Å². The van der Waals surface area contributed by atoms with Crippen molar-refractivity contribution in [2.24, 2.45) is 0 Å². The second-order valence-corrected chi connectivity index (χ2v) is 8.27. The first-order valence-corrected chi connectivity index (χ1v) is 10.9. The molecular weight excluding hydrogens is 380 g/mol. The van der Waals surface area contributed by atoms with Crippen LogP contribution in [0.3, 0.4) is 0 Å². The predicted molar refractivity (Wildman–Crippen MR) is 115 cm³/mol. The maximum absolute atomic E-state index is 12.5. The van der Waals surface area contributed by atoms with Gasteiger partial charge in [0.1, 0.15) is 5.58 Å². The molecule has 160 valence electrons. The fourth-order valence-corrected chi connectivity index (χ4v) is 4.19. The molecule has 0 saturated carbocycles. The van der Waals surface area contributed by atoms with Gasteiger partial charge in [0.05, 0.1) is 0 Å². The number of aryl methyl sites for hydroxylation is 2. The summed E-state index contributed by atoms with van der Waals surface area (Å²) in [5.41, 5.74) is 2.79. The SMILES string of the molecule is Cc1c(-c2noc(C(=O)NCCC(C)N3CCCCCC3)n2)oc2c(C)cccc12. The molecule has 1 saturated heterocycles. The van der Waals surface area contributed by atoms with Crippen LogP contribution in [0.2, 0.25) is 0 Å². The summed E-state index contributed by atoms with van der Waals surface area (Å²) in [6.45, 7) is 9.07. The monoisotopic (exact) mass is 410 g/mol. The van der Waals surface area contributed by atoms with E-state index in [2.05, 4.69) is 27.3 Å². The number of aromatic nitrogens is 2. The Morgan fingerprint density at radius 3 is 2.70 bits per heavy atom. The third-order valence-electron chi connectivity index (χ3n) is 6.10. The molecule has 2 aromatic heterocycles. The zero-order valence-corrected chi connectivity index (χ0v) is 18.0. The standard InChI is InChI=1S/C23H30N4O3/c1-15-9-8-10-18-17(3)20(29-19(15)18)21-25-23(30-26-21)22(28)24-12-11-16(2)27-13-6-4-5-7-14-27/h8-10,16H,4-7,11-14H2,1-3H3,(H,24,28). The molecule has 30 heavy (non-hydrogen) atoms. The van der Waals surface area contributed by atoms with Crippen LogP contribution in [0.25, 0.3) is 22.6 Å². The molecule has 3 heterocycles. The Hall–Kier alpha value is -2.67. The van der Waals surface area contributed by atoms with Crippen LogP contribution in [-0.2, 0) is 0 Å². The second kappa shape index (κ2) is 9.00. The van der Waals surface area contributed by atoms with E-state index >= 15 is 0 Å². The topological polar surface area (TPSA) is 84.4 Å². The minimum atomic E-state index is -0.346. The van der Waals surface area contributed by atoms with Crippen LogP contribution < -0.4 is 5.32 Å². The second-order valence-electron chi connectivity index (χ2n) is 8.27. The van der Waals surface area contributed by atoms with Crippen molar-refractivity contribution in [1.82, 2.24) is 20.4 Å². The smallest absolute Gasteiger partial charge is 0.316 e. The van der Waals surface area contributed by atoms with E-state index in [4.69, 9.17) is 8.94 Å². The number of nitrogens with zero attached hydrogens (tertiary/aromatic N) is 3. The Bertz CT molecular complexity index is 1010. The van der Waals surface area contributed by atoms with Crippen molar-refractivity contribution < 1.29 is 13.7 Å². The summed E-state index contributed by atoms with van der Waals surface area (Å²) in [6, 6.07) is 6.44. The Labute approximate surface area is 176 Å². The molecule has 1 fully saturated rings. The van der Waals surface area contributed by atoms with Crippen LogP contribution in [0.4, 0.5) is 0 Å². The minimum absolute atomic E-state index is 0.0380. The van der Waals surface area contributed by atoms with E-state index in [9.17, 15) is 4.79 Å². The number of fused-ring (bicyclic) bond motifs is 1. The number of likely N-dealkylation sites (tertiary alicyclic amines) is 1. The number of amides is 1. The number of carbonyl (C=O) groups excluding carboxylic acids is 1. The van der Waals surface area contributed by atoms with Crippen molar-refractivity contribution in [3.05, 3.63) is 35.2 Å². The van der Waals surface area contributed by atoms with Gasteiger partial charge in [0.2, 0.25) is 5.82 Å². The zero-order valence-electron chi connectivity index (χ0n) is 18.0. The summed E-state index contributed by atoms with van der Waals surface area (Å²) in [5.74, 6) is 0.453. The maximum atomic E-state index is 12.5. The van der Waals surface area contributed by atoms with E-state index in [1.165, 1.54) is 25.7 Å². The normalized spacial score (nSPS) is 16.5. The lowest BCUT2D eigenvalue weighted by Gasteiger charge is -2.27. The number of benzene rings is 1. The lowest BCUT2D eigenvalue weighted by atomic mass is 10.1. The Kier molecular flexibility index (Phi) is 6.18. The summed E-state index contributed by atoms with van der Waals surface area (Å²) in [6.07, 6.45) is 6.08. The van der Waals surface area contributed by atoms with Gasteiger partial charge in [0, 0.05) is 23.5 Å². The van der Waals surface area contributed by atoms with Gasteiger partial charge in [-0.3, -0.25) is 4.79 Å². The van der Waals surface area contributed by atoms with Gasteiger partial charge in [-0.1, -0.05) is 36.2 Å². The molecule has 0 bridgehead atoms. The van der Waals surface area contributed by atoms with Crippen molar-refractivity contribution in [3.63, 3.8) is 0 Å². The first-order chi connectivity index (χ1) is 14.5. The lowest BCUT2D eigenvalue weighted by molar-refractivity contribution is 0.0904. The number of hydrogen-bond donors (Lipinski definition) is 1. The number of hydrogen-bond acceptors (Lipinski definition) is 6. The number of rotatable bonds is 6. The molecule has 0 aliphatic carbocycles. The summed E-state index contributed by atoms with van der Waals surface area (Å²) in [4.78, 5) is 19.3. The largest absolute Gasteiger partial charge is 0.452 e. The highest BCUT2D eigenvalue weighted by molar-refractivity contribution is 5.91. The average molecular weight is 411 g/mol. The molecule has 7 nitrogen and oxygen atoms in total. The maximum Gasteiger partial charge on any atom is 0.316 e. The van der Waals surface area contributed by atoms with E-state index in [-0.39, 0.29) is 11.8 Å². The molecular formula is C23H30N4O3. The van der Waals surface area contributed by atoms with Crippen molar-refractivity contribution >= 4 is 16.9 Å². The van der Waals surface area contributed by atoms with Crippen LogP contribution in [0.1, 0.15) is 60.8 Å². The Morgan fingerprint density at radius 2 is 1.97 bits per heavy atom. The number of para-hydroxylation sites is 1. The van der Waals surface area contributed by atoms with E-state index in [0.717, 1.165) is 41.6 Å². The van der Waals surface area contributed by atoms with Crippen molar-refractivity contribution in [3.8, 4) is 11.6 Å². The van der Waals surface area contributed by atoms with Crippen molar-refractivity contribution in [2.75, 3.05) is 19.6 Å². The van der Waals surface area contributed by atoms with E-state index < -0.39 is 0 Å². The molecule has 1 aliphatic heterocycles. The first kappa shape index (κ1) is 20.6. The van der Waals surface area contributed by atoms with Gasteiger partial charge >= 0.3 is 11.8 Å². The van der Waals surface area contributed by atoms with Gasteiger partial charge in [0.15, 0.2) is 5.76 Å². The third kappa shape index (κ3) is 4.26. The third-order valence-corrected chi connectivity index (χ3v) is 6.10. The molecule has 1 aliphatic rings. The molecule has 7 heteroatoms. The van der Waals surface area contributed by atoms with Crippen LogP contribution in [-0.4, -0.2) is 46.6 Å². The van der Waals surface area contributed by atoms with Gasteiger partial charge in [-0.25, -0.2) is 0 Å². The summed E-state index contributed by atoms with van der Waals surface area (Å²) < 4.78 is 11.2. The quantitative estimate of drug-likeness (QED) is 0.645. The minimum Gasteiger partial charge on any atom is -0.452 e. The zero-order chi connectivity index (χ0) is 21.1. The van der Waals surface area contributed by atoms with Crippen LogP contribution in [0, 0.1) is 13.8 Å². The lowest BCUT2D eigenvalue weighted by Crippen LogP contribution is -2.37. The van der Waals surface area contributed by atoms with Crippen molar-refractivity contribution in [1.29, 1.82) is 0 Å². The van der Waals surface area contributed by atoms with Gasteiger partial charge in [0.25, 0.3) is 0 Å². The van der Waals surface area contributed by atoms with E-state index in [1.807, 2.05) is 32.0 Å². The van der Waals surface area contributed by atoms with Crippen LogP contribution in [0.15, 0.2) is 27.1 Å². The highest BCUT2D eigenvalue weighted by atomic mass is 16.5. The van der Waals surface area contributed by atoms with Gasteiger partial charge in [-0.2, -0.15) is 4.98 Å². The molecule has 1 aromatic carbocycles. The average Bonchev–Trinajstić information content (AvgIpc) is 3.24. The van der Waals surface area contributed by atoms with E-state index in [0.29, 0.717) is 24.2 Å². The highest BCUT2D eigenvalue weighted by Gasteiger charge is 2.22. The fraction of sp³-hybridized carbons (Fsp3) is 0.522. The van der Waals surface area contributed by atoms with Gasteiger partial charge in [-0.15, -0.1) is 0 Å². The molecule has 0 radical (unpaired) electrons. The summed E-state index contributed by atoms with van der Waals surface area (Å²) >= 11 is 0. The number of furan rings is 1. The number of carbonyl (C=O) groups is 1. The van der Waals surface area contributed by atoms with E-state index in [1.54, 1.807) is 0 Å².